The van der Waals surface area contributed by atoms with Gasteiger partial charge in [0.05, 0.1) is 5.56 Å². The molecule has 2 unspecified atom stereocenters. The molecular weight excluding hydrogens is 237 g/mol. The molecule has 0 radical (unpaired) electrons. The Kier molecular flexibility index (Phi) is 4.25. The molecule has 0 nitrogen and oxygen atoms in total. The van der Waals surface area contributed by atoms with E-state index in [9.17, 15) is 13.2 Å². The third-order valence-electron chi connectivity index (χ3n) is 2.66. The molecule has 0 aromatic heterocycles. The second-order valence-corrected chi connectivity index (χ2v) is 4.47. The van der Waals surface area contributed by atoms with Crippen LogP contribution in [0.2, 0.25) is 0 Å². The standard InChI is InChI=1S/C12H14ClF3/c1-3-9(8(2)13)10-6-4-5-7-11(10)12(14,15)16/h4-9H,3H2,1-2H3. The van der Waals surface area contributed by atoms with E-state index < -0.39 is 11.7 Å². The van der Waals surface area contributed by atoms with Crippen LogP contribution in [-0.2, 0) is 6.18 Å². The quantitative estimate of drug-likeness (QED) is 0.675. The monoisotopic (exact) mass is 250 g/mol. The minimum absolute atomic E-state index is 0.264. The van der Waals surface area contributed by atoms with Gasteiger partial charge in [0, 0.05) is 11.3 Å². The van der Waals surface area contributed by atoms with Crippen molar-refractivity contribution < 1.29 is 13.2 Å². The van der Waals surface area contributed by atoms with Gasteiger partial charge in [0.25, 0.3) is 0 Å². The van der Waals surface area contributed by atoms with Crippen molar-refractivity contribution in [3.05, 3.63) is 35.4 Å². The van der Waals surface area contributed by atoms with Gasteiger partial charge in [-0.05, 0) is 25.0 Å². The van der Waals surface area contributed by atoms with Crippen molar-refractivity contribution in [2.75, 3.05) is 0 Å². The zero-order valence-electron chi connectivity index (χ0n) is 9.18. The Morgan fingerprint density at radius 1 is 1.25 bits per heavy atom. The number of hydrogen-bond donors (Lipinski definition) is 0. The average Bonchev–Trinajstić information content (AvgIpc) is 2.17. The second-order valence-electron chi connectivity index (χ2n) is 3.78. The number of hydrogen-bond acceptors (Lipinski definition) is 0. The van der Waals surface area contributed by atoms with E-state index in [2.05, 4.69) is 0 Å². The molecule has 0 aliphatic heterocycles. The van der Waals surface area contributed by atoms with E-state index in [0.717, 1.165) is 6.07 Å². The van der Waals surface area contributed by atoms with Gasteiger partial charge in [0.2, 0.25) is 0 Å². The molecule has 0 amide bonds. The highest BCUT2D eigenvalue weighted by atomic mass is 35.5. The van der Waals surface area contributed by atoms with Crippen LogP contribution in [0.4, 0.5) is 13.2 Å². The molecule has 0 saturated carbocycles. The molecule has 0 aliphatic rings. The SMILES string of the molecule is CCC(c1ccccc1C(F)(F)F)C(C)Cl. The van der Waals surface area contributed by atoms with Gasteiger partial charge >= 0.3 is 6.18 Å². The molecule has 1 rings (SSSR count). The van der Waals surface area contributed by atoms with Gasteiger partial charge in [-0.2, -0.15) is 13.2 Å². The highest BCUT2D eigenvalue weighted by Crippen LogP contribution is 2.38. The molecule has 0 heterocycles. The van der Waals surface area contributed by atoms with E-state index in [4.69, 9.17) is 11.6 Å². The summed E-state index contributed by atoms with van der Waals surface area (Å²) in [6.45, 7) is 3.57. The molecule has 0 fully saturated rings. The Morgan fingerprint density at radius 2 is 1.81 bits per heavy atom. The van der Waals surface area contributed by atoms with Crippen LogP contribution in [0.3, 0.4) is 0 Å². The van der Waals surface area contributed by atoms with Gasteiger partial charge in [-0.3, -0.25) is 0 Å². The van der Waals surface area contributed by atoms with Gasteiger partial charge in [0.15, 0.2) is 0 Å². The van der Waals surface area contributed by atoms with E-state index in [0.29, 0.717) is 12.0 Å². The summed E-state index contributed by atoms with van der Waals surface area (Å²) in [6.07, 6.45) is -3.71. The fraction of sp³-hybridized carbons (Fsp3) is 0.500. The summed E-state index contributed by atoms with van der Waals surface area (Å²) in [5.74, 6) is -0.264. The van der Waals surface area contributed by atoms with Gasteiger partial charge in [-0.25, -0.2) is 0 Å². The Hall–Kier alpha value is -0.700. The number of rotatable bonds is 3. The molecule has 1 aromatic rings. The van der Waals surface area contributed by atoms with Crippen molar-refractivity contribution in [1.82, 2.24) is 0 Å². The van der Waals surface area contributed by atoms with Crippen molar-refractivity contribution >= 4 is 11.6 Å². The van der Waals surface area contributed by atoms with Crippen molar-refractivity contribution in [2.45, 2.75) is 37.7 Å². The van der Waals surface area contributed by atoms with Crippen LogP contribution in [0, 0.1) is 0 Å². The van der Waals surface area contributed by atoms with Crippen LogP contribution < -0.4 is 0 Å². The molecule has 1 aromatic carbocycles. The van der Waals surface area contributed by atoms with E-state index in [1.54, 1.807) is 13.0 Å². The predicted molar refractivity (Wildman–Crippen MR) is 59.8 cm³/mol. The molecule has 4 heteroatoms. The lowest BCUT2D eigenvalue weighted by Crippen LogP contribution is -2.16. The number of benzene rings is 1. The van der Waals surface area contributed by atoms with Gasteiger partial charge < -0.3 is 0 Å². The summed E-state index contributed by atoms with van der Waals surface area (Å²) in [7, 11) is 0. The molecule has 2 atom stereocenters. The molecule has 0 bridgehead atoms. The molecule has 16 heavy (non-hydrogen) atoms. The molecule has 0 saturated heterocycles. The highest BCUT2D eigenvalue weighted by molar-refractivity contribution is 6.20. The van der Waals surface area contributed by atoms with Crippen LogP contribution in [0.5, 0.6) is 0 Å². The Morgan fingerprint density at radius 3 is 2.25 bits per heavy atom. The molecule has 0 spiro atoms. The van der Waals surface area contributed by atoms with Crippen LogP contribution >= 0.6 is 11.6 Å². The van der Waals surface area contributed by atoms with Crippen molar-refractivity contribution in [3.63, 3.8) is 0 Å². The zero-order chi connectivity index (χ0) is 12.3. The van der Waals surface area contributed by atoms with E-state index in [1.165, 1.54) is 12.1 Å². The fourth-order valence-corrected chi connectivity index (χ4v) is 2.18. The van der Waals surface area contributed by atoms with Crippen LogP contribution in [0.25, 0.3) is 0 Å². The summed E-state index contributed by atoms with van der Waals surface area (Å²) in [5, 5.41) is -0.312. The summed E-state index contributed by atoms with van der Waals surface area (Å²) in [5.41, 5.74) is -0.283. The van der Waals surface area contributed by atoms with Crippen molar-refractivity contribution in [1.29, 1.82) is 0 Å². The van der Waals surface area contributed by atoms with Crippen molar-refractivity contribution in [2.24, 2.45) is 0 Å². The summed E-state index contributed by atoms with van der Waals surface area (Å²) >= 11 is 5.93. The maximum absolute atomic E-state index is 12.8. The summed E-state index contributed by atoms with van der Waals surface area (Å²) < 4.78 is 38.3. The first kappa shape index (κ1) is 13.4. The minimum atomic E-state index is -4.31. The van der Waals surface area contributed by atoms with Crippen LogP contribution in [-0.4, -0.2) is 5.38 Å². The Balaban J connectivity index is 3.22. The smallest absolute Gasteiger partial charge is 0.166 e. The van der Waals surface area contributed by atoms with Gasteiger partial charge in [-0.15, -0.1) is 11.6 Å². The van der Waals surface area contributed by atoms with Crippen LogP contribution in [0.15, 0.2) is 24.3 Å². The Labute approximate surface area is 98.4 Å². The third kappa shape index (κ3) is 2.91. The second kappa shape index (κ2) is 5.09. The molecule has 0 N–H and O–H groups in total. The first-order chi connectivity index (χ1) is 7.38. The maximum Gasteiger partial charge on any atom is 0.416 e. The Bertz CT molecular complexity index is 344. The van der Waals surface area contributed by atoms with E-state index in [-0.39, 0.29) is 11.3 Å². The fourth-order valence-electron chi connectivity index (χ4n) is 1.87. The molecule has 0 aliphatic carbocycles. The first-order valence-electron chi connectivity index (χ1n) is 5.18. The first-order valence-corrected chi connectivity index (χ1v) is 5.61. The minimum Gasteiger partial charge on any atom is -0.166 e. The lowest BCUT2D eigenvalue weighted by Gasteiger charge is -2.22. The van der Waals surface area contributed by atoms with Gasteiger partial charge in [0.1, 0.15) is 0 Å². The highest BCUT2D eigenvalue weighted by Gasteiger charge is 2.35. The van der Waals surface area contributed by atoms with E-state index in [1.807, 2.05) is 6.92 Å². The topological polar surface area (TPSA) is 0 Å². The zero-order valence-corrected chi connectivity index (χ0v) is 9.94. The normalized spacial score (nSPS) is 15.9. The summed E-state index contributed by atoms with van der Waals surface area (Å²) in [4.78, 5) is 0. The van der Waals surface area contributed by atoms with Crippen molar-refractivity contribution in [3.8, 4) is 0 Å². The average molecular weight is 251 g/mol. The van der Waals surface area contributed by atoms with Gasteiger partial charge in [-0.1, -0.05) is 25.1 Å². The van der Waals surface area contributed by atoms with Crippen LogP contribution in [0.1, 0.15) is 37.3 Å². The number of alkyl halides is 4. The predicted octanol–water partition coefficient (Wildman–Crippen LogP) is 4.83. The number of halogens is 4. The largest absolute Gasteiger partial charge is 0.416 e. The maximum atomic E-state index is 12.8. The van der Waals surface area contributed by atoms with E-state index >= 15 is 0 Å². The lowest BCUT2D eigenvalue weighted by atomic mass is 9.89. The lowest BCUT2D eigenvalue weighted by molar-refractivity contribution is -0.138. The molecule has 90 valence electrons. The third-order valence-corrected chi connectivity index (χ3v) is 2.96. The summed E-state index contributed by atoms with van der Waals surface area (Å²) in [6, 6.07) is 5.64. The molecular formula is C12H14ClF3.